The fourth-order valence-electron chi connectivity index (χ4n) is 2.08. The largest absolute Gasteiger partial charge is 0.459 e. The molecular formula is C15H18ClN3O4. The zero-order valence-electron chi connectivity index (χ0n) is 12.8. The third kappa shape index (κ3) is 4.85. The van der Waals surface area contributed by atoms with Crippen LogP contribution in [0.3, 0.4) is 0 Å². The number of benzene rings is 1. The molecule has 1 aromatic carbocycles. The summed E-state index contributed by atoms with van der Waals surface area (Å²) in [7, 11) is 0. The van der Waals surface area contributed by atoms with Crippen molar-refractivity contribution in [3.8, 4) is 0 Å². The van der Waals surface area contributed by atoms with E-state index < -0.39 is 12.0 Å². The number of nitrogens with one attached hydrogen (secondary N) is 3. The summed E-state index contributed by atoms with van der Waals surface area (Å²) in [6.45, 7) is 3.88. The molecule has 1 aliphatic heterocycles. The number of ether oxygens (including phenoxy) is 1. The molecule has 8 heteroatoms. The van der Waals surface area contributed by atoms with Crippen LogP contribution < -0.4 is 16.0 Å². The van der Waals surface area contributed by atoms with Gasteiger partial charge < -0.3 is 20.7 Å². The first-order valence-corrected chi connectivity index (χ1v) is 7.57. The second kappa shape index (κ2) is 7.32. The maximum atomic E-state index is 12.0. The van der Waals surface area contributed by atoms with E-state index in [4.69, 9.17) is 16.3 Å². The molecule has 1 saturated heterocycles. The molecule has 23 heavy (non-hydrogen) atoms. The fraction of sp³-hybridized carbons (Fsp3) is 0.400. The normalized spacial score (nSPS) is 16.9. The predicted octanol–water partition coefficient (Wildman–Crippen LogP) is 1.92. The number of hydrogen-bond acceptors (Lipinski definition) is 4. The van der Waals surface area contributed by atoms with Crippen molar-refractivity contribution in [2.45, 2.75) is 32.4 Å². The number of esters is 1. The number of halogens is 1. The molecular weight excluding hydrogens is 322 g/mol. The van der Waals surface area contributed by atoms with Crippen molar-refractivity contribution in [2.24, 2.45) is 0 Å². The number of hydrogen-bond donors (Lipinski definition) is 3. The van der Waals surface area contributed by atoms with E-state index in [1.54, 1.807) is 13.8 Å². The zero-order chi connectivity index (χ0) is 17.0. The van der Waals surface area contributed by atoms with Crippen LogP contribution in [0.2, 0.25) is 5.02 Å². The molecule has 0 unspecified atom stereocenters. The van der Waals surface area contributed by atoms with Gasteiger partial charge in [-0.15, -0.1) is 0 Å². The van der Waals surface area contributed by atoms with Crippen molar-refractivity contribution in [3.05, 3.63) is 28.8 Å². The first kappa shape index (κ1) is 17.1. The summed E-state index contributed by atoms with van der Waals surface area (Å²) in [4.78, 5) is 34.9. The Balaban J connectivity index is 2.02. The molecule has 0 aliphatic carbocycles. The summed E-state index contributed by atoms with van der Waals surface area (Å²) >= 11 is 6.03. The third-order valence-corrected chi connectivity index (χ3v) is 3.44. The quantitative estimate of drug-likeness (QED) is 0.730. The topological polar surface area (TPSA) is 96.5 Å². The summed E-state index contributed by atoms with van der Waals surface area (Å²) < 4.78 is 5.10. The van der Waals surface area contributed by atoms with Gasteiger partial charge in [-0.05, 0) is 32.0 Å². The lowest BCUT2D eigenvalue weighted by Gasteiger charge is -2.14. The Hall–Kier alpha value is -2.28. The second-order valence-electron chi connectivity index (χ2n) is 5.45. The zero-order valence-corrected chi connectivity index (χ0v) is 13.6. The number of urea groups is 1. The van der Waals surface area contributed by atoms with Gasteiger partial charge in [0, 0.05) is 13.0 Å². The predicted molar refractivity (Wildman–Crippen MR) is 85.6 cm³/mol. The molecule has 0 spiro atoms. The van der Waals surface area contributed by atoms with Gasteiger partial charge in [0.1, 0.15) is 0 Å². The Kier molecular flexibility index (Phi) is 5.44. The van der Waals surface area contributed by atoms with Crippen LogP contribution in [0.1, 0.15) is 30.6 Å². The van der Waals surface area contributed by atoms with Gasteiger partial charge >= 0.3 is 12.0 Å². The highest BCUT2D eigenvalue weighted by atomic mass is 35.5. The molecule has 1 atom stereocenters. The van der Waals surface area contributed by atoms with E-state index in [1.165, 1.54) is 18.2 Å². The summed E-state index contributed by atoms with van der Waals surface area (Å²) in [5, 5.41) is 8.15. The lowest BCUT2D eigenvalue weighted by molar-refractivity contribution is -0.119. The van der Waals surface area contributed by atoms with Crippen LogP contribution in [-0.2, 0) is 9.53 Å². The number of anilines is 1. The molecule has 7 nitrogen and oxygen atoms in total. The van der Waals surface area contributed by atoms with Crippen LogP contribution in [0.25, 0.3) is 0 Å². The lowest BCUT2D eigenvalue weighted by Crippen LogP contribution is -2.39. The van der Waals surface area contributed by atoms with Crippen molar-refractivity contribution in [1.82, 2.24) is 10.6 Å². The molecule has 2 rings (SSSR count). The molecule has 0 aromatic heterocycles. The van der Waals surface area contributed by atoms with Crippen molar-refractivity contribution in [3.63, 3.8) is 0 Å². The third-order valence-electron chi connectivity index (χ3n) is 3.11. The van der Waals surface area contributed by atoms with Crippen LogP contribution in [0.15, 0.2) is 18.2 Å². The molecule has 0 radical (unpaired) electrons. The average Bonchev–Trinajstić information content (AvgIpc) is 2.85. The number of carbonyl (C=O) groups excluding carboxylic acids is 3. The SMILES string of the molecule is CC(C)OC(=O)c1ccc(Cl)c(NC(=O)N[C@@H]2CNC(=O)C2)c1. The van der Waals surface area contributed by atoms with Gasteiger partial charge in [0.05, 0.1) is 28.4 Å². The molecule has 0 bridgehead atoms. The Morgan fingerprint density at radius 1 is 1.39 bits per heavy atom. The van der Waals surface area contributed by atoms with E-state index in [0.29, 0.717) is 17.3 Å². The first-order valence-electron chi connectivity index (χ1n) is 7.20. The van der Waals surface area contributed by atoms with E-state index in [1.807, 2.05) is 0 Å². The van der Waals surface area contributed by atoms with Crippen molar-refractivity contribution < 1.29 is 19.1 Å². The van der Waals surface area contributed by atoms with E-state index in [9.17, 15) is 14.4 Å². The molecule has 1 aromatic rings. The van der Waals surface area contributed by atoms with Crippen LogP contribution in [-0.4, -0.2) is 36.6 Å². The standard InChI is InChI=1S/C15H18ClN3O4/c1-8(2)23-14(21)9-3-4-11(16)12(5-9)19-15(22)18-10-6-13(20)17-7-10/h3-5,8,10H,6-7H2,1-2H3,(H,17,20)(H2,18,19,22)/t10-/m0/s1. The van der Waals surface area contributed by atoms with E-state index in [2.05, 4.69) is 16.0 Å². The molecule has 124 valence electrons. The second-order valence-corrected chi connectivity index (χ2v) is 5.86. The monoisotopic (exact) mass is 339 g/mol. The van der Waals surface area contributed by atoms with Gasteiger partial charge in [0.25, 0.3) is 0 Å². The molecule has 3 amide bonds. The minimum absolute atomic E-state index is 0.105. The van der Waals surface area contributed by atoms with E-state index >= 15 is 0 Å². The Bertz CT molecular complexity index is 633. The lowest BCUT2D eigenvalue weighted by atomic mass is 10.2. The summed E-state index contributed by atoms with van der Waals surface area (Å²) in [5.74, 6) is -0.600. The van der Waals surface area contributed by atoms with Gasteiger partial charge in [0.2, 0.25) is 5.91 Å². The summed E-state index contributed by atoms with van der Waals surface area (Å²) in [5.41, 5.74) is 0.579. The highest BCUT2D eigenvalue weighted by Gasteiger charge is 2.23. The van der Waals surface area contributed by atoms with Crippen LogP contribution in [0, 0.1) is 0 Å². The van der Waals surface area contributed by atoms with Gasteiger partial charge in [-0.2, -0.15) is 0 Å². The first-order chi connectivity index (χ1) is 10.8. The van der Waals surface area contributed by atoms with Crippen molar-refractivity contribution >= 4 is 35.2 Å². The van der Waals surface area contributed by atoms with Crippen molar-refractivity contribution in [1.29, 1.82) is 0 Å². The number of rotatable bonds is 4. The van der Waals surface area contributed by atoms with Crippen molar-refractivity contribution in [2.75, 3.05) is 11.9 Å². The Labute approximate surface area is 138 Å². The minimum atomic E-state index is -0.497. The molecule has 3 N–H and O–H groups in total. The Morgan fingerprint density at radius 2 is 2.13 bits per heavy atom. The van der Waals surface area contributed by atoms with E-state index in [-0.39, 0.29) is 30.0 Å². The van der Waals surface area contributed by atoms with Gasteiger partial charge in [-0.1, -0.05) is 11.6 Å². The summed E-state index contributed by atoms with van der Waals surface area (Å²) in [6.07, 6.45) is -0.00710. The highest BCUT2D eigenvalue weighted by molar-refractivity contribution is 6.33. The summed E-state index contributed by atoms with van der Waals surface area (Å²) in [6, 6.07) is 3.72. The van der Waals surface area contributed by atoms with E-state index in [0.717, 1.165) is 0 Å². The molecule has 0 saturated carbocycles. The van der Waals surface area contributed by atoms with Crippen LogP contribution in [0.4, 0.5) is 10.5 Å². The maximum absolute atomic E-state index is 12.0. The molecule has 1 fully saturated rings. The van der Waals surface area contributed by atoms with Crippen LogP contribution >= 0.6 is 11.6 Å². The number of amides is 3. The van der Waals surface area contributed by atoms with Gasteiger partial charge in [-0.25, -0.2) is 9.59 Å². The number of carbonyl (C=O) groups is 3. The fourth-order valence-corrected chi connectivity index (χ4v) is 2.25. The molecule has 1 heterocycles. The molecule has 1 aliphatic rings. The smallest absolute Gasteiger partial charge is 0.338 e. The average molecular weight is 340 g/mol. The van der Waals surface area contributed by atoms with Gasteiger partial charge in [0.15, 0.2) is 0 Å². The minimum Gasteiger partial charge on any atom is -0.459 e. The maximum Gasteiger partial charge on any atom is 0.338 e. The van der Waals surface area contributed by atoms with Gasteiger partial charge in [-0.3, -0.25) is 4.79 Å². The van der Waals surface area contributed by atoms with Crippen LogP contribution in [0.5, 0.6) is 0 Å². The highest BCUT2D eigenvalue weighted by Crippen LogP contribution is 2.23. The Morgan fingerprint density at radius 3 is 2.74 bits per heavy atom.